The number of thiazole rings is 1. The van der Waals surface area contributed by atoms with Gasteiger partial charge in [0.25, 0.3) is 0 Å². The molecule has 1 heterocycles. The van der Waals surface area contributed by atoms with E-state index in [0.717, 1.165) is 16.7 Å². The maximum atomic E-state index is 12.4. The molecule has 0 aliphatic rings. The molecule has 1 rings (SSSR count). The van der Waals surface area contributed by atoms with E-state index >= 15 is 0 Å². The summed E-state index contributed by atoms with van der Waals surface area (Å²) < 4.78 is 37.2. The minimum Gasteiger partial charge on any atom is -0.354 e. The van der Waals surface area contributed by atoms with Gasteiger partial charge in [-0.15, -0.1) is 11.3 Å². The summed E-state index contributed by atoms with van der Waals surface area (Å²) in [7, 11) is 1.62. The standard InChI is InChI=1S/C12H19F3N4S/c1-7(2)8(3)18-11(16-4)17-5-10-19-9(6-20-10)12(13,14)15/h6-8H,5H2,1-4H3,(H2,16,17,18). The molecule has 0 radical (unpaired) electrons. The average molecular weight is 308 g/mol. The number of alkyl halides is 3. The zero-order valence-electron chi connectivity index (χ0n) is 11.9. The second kappa shape index (κ2) is 6.92. The Morgan fingerprint density at radius 1 is 1.40 bits per heavy atom. The first-order chi connectivity index (χ1) is 9.24. The summed E-state index contributed by atoms with van der Waals surface area (Å²) in [5, 5.41) is 7.51. The number of halogens is 3. The van der Waals surface area contributed by atoms with Crippen LogP contribution in [0.15, 0.2) is 10.4 Å². The quantitative estimate of drug-likeness (QED) is 0.664. The Hall–Kier alpha value is -1.31. The minimum atomic E-state index is -4.39. The molecule has 0 fully saturated rings. The summed E-state index contributed by atoms with van der Waals surface area (Å²) in [5.41, 5.74) is -0.849. The zero-order chi connectivity index (χ0) is 15.3. The van der Waals surface area contributed by atoms with Crippen molar-refractivity contribution >= 4 is 17.3 Å². The van der Waals surface area contributed by atoms with Crippen LogP contribution in [0.3, 0.4) is 0 Å². The highest BCUT2D eigenvalue weighted by atomic mass is 32.1. The maximum Gasteiger partial charge on any atom is 0.434 e. The Kier molecular flexibility index (Phi) is 5.79. The number of hydrogen-bond acceptors (Lipinski definition) is 3. The first kappa shape index (κ1) is 16.7. The predicted molar refractivity (Wildman–Crippen MR) is 74.8 cm³/mol. The van der Waals surface area contributed by atoms with Crippen molar-refractivity contribution in [2.75, 3.05) is 7.05 Å². The van der Waals surface area contributed by atoms with E-state index in [-0.39, 0.29) is 12.6 Å². The lowest BCUT2D eigenvalue weighted by atomic mass is 10.1. The molecule has 1 unspecified atom stereocenters. The van der Waals surface area contributed by atoms with Gasteiger partial charge in [0.2, 0.25) is 0 Å². The predicted octanol–water partition coefficient (Wildman–Crippen LogP) is 2.87. The first-order valence-corrected chi connectivity index (χ1v) is 7.10. The van der Waals surface area contributed by atoms with Gasteiger partial charge in [0.1, 0.15) is 5.01 Å². The fourth-order valence-corrected chi connectivity index (χ4v) is 2.00. The van der Waals surface area contributed by atoms with E-state index in [0.29, 0.717) is 16.9 Å². The van der Waals surface area contributed by atoms with Gasteiger partial charge in [0.05, 0.1) is 6.54 Å². The molecule has 1 atom stereocenters. The Bertz CT molecular complexity index is 454. The highest BCUT2D eigenvalue weighted by molar-refractivity contribution is 7.09. The van der Waals surface area contributed by atoms with Crippen LogP contribution < -0.4 is 10.6 Å². The second-order valence-electron chi connectivity index (χ2n) is 4.73. The Labute approximate surface area is 120 Å². The van der Waals surface area contributed by atoms with Crippen LogP contribution >= 0.6 is 11.3 Å². The molecule has 8 heteroatoms. The summed E-state index contributed by atoms with van der Waals surface area (Å²) in [6.07, 6.45) is -4.39. The van der Waals surface area contributed by atoms with Gasteiger partial charge < -0.3 is 10.6 Å². The molecule has 0 bridgehead atoms. The third kappa shape index (κ3) is 4.99. The molecule has 0 aliphatic carbocycles. The molecule has 0 spiro atoms. The average Bonchev–Trinajstić information content (AvgIpc) is 2.82. The van der Waals surface area contributed by atoms with E-state index in [1.165, 1.54) is 0 Å². The van der Waals surface area contributed by atoms with E-state index in [2.05, 4.69) is 34.5 Å². The molecule has 0 aliphatic heterocycles. The monoisotopic (exact) mass is 308 g/mol. The second-order valence-corrected chi connectivity index (χ2v) is 5.67. The van der Waals surface area contributed by atoms with E-state index in [9.17, 15) is 13.2 Å². The molecule has 114 valence electrons. The van der Waals surface area contributed by atoms with E-state index in [1.807, 2.05) is 6.92 Å². The van der Waals surface area contributed by atoms with Crippen molar-refractivity contribution in [2.45, 2.75) is 39.5 Å². The van der Waals surface area contributed by atoms with E-state index in [4.69, 9.17) is 0 Å². The maximum absolute atomic E-state index is 12.4. The normalized spacial score (nSPS) is 14.5. The van der Waals surface area contributed by atoms with Gasteiger partial charge in [-0.05, 0) is 12.8 Å². The van der Waals surface area contributed by atoms with Gasteiger partial charge in [-0.3, -0.25) is 4.99 Å². The smallest absolute Gasteiger partial charge is 0.354 e. The lowest BCUT2D eigenvalue weighted by molar-refractivity contribution is -0.140. The van der Waals surface area contributed by atoms with Crippen LogP contribution in [-0.4, -0.2) is 24.0 Å². The molecule has 1 aromatic heterocycles. The van der Waals surface area contributed by atoms with Gasteiger partial charge >= 0.3 is 6.18 Å². The molecular weight excluding hydrogens is 289 g/mol. The van der Waals surface area contributed by atoms with E-state index in [1.54, 1.807) is 7.05 Å². The van der Waals surface area contributed by atoms with Crippen LogP contribution in [0.4, 0.5) is 13.2 Å². The van der Waals surface area contributed by atoms with Gasteiger partial charge in [-0.25, -0.2) is 4.98 Å². The van der Waals surface area contributed by atoms with Crippen LogP contribution in [0.1, 0.15) is 31.5 Å². The summed E-state index contributed by atoms with van der Waals surface area (Å²) >= 11 is 0.978. The fourth-order valence-electron chi connectivity index (χ4n) is 1.26. The summed E-state index contributed by atoms with van der Waals surface area (Å²) in [4.78, 5) is 7.58. The number of nitrogens with one attached hydrogen (secondary N) is 2. The number of aliphatic imine (C=N–C) groups is 1. The number of guanidine groups is 1. The Morgan fingerprint density at radius 3 is 2.50 bits per heavy atom. The van der Waals surface area contributed by atoms with Crippen LogP contribution in [0.2, 0.25) is 0 Å². The van der Waals surface area contributed by atoms with Crippen molar-refractivity contribution in [3.63, 3.8) is 0 Å². The van der Waals surface area contributed by atoms with Crippen molar-refractivity contribution < 1.29 is 13.2 Å². The summed E-state index contributed by atoms with van der Waals surface area (Å²) in [5.74, 6) is 0.972. The highest BCUT2D eigenvalue weighted by Crippen LogP contribution is 2.29. The molecule has 2 N–H and O–H groups in total. The van der Waals surface area contributed by atoms with Crippen molar-refractivity contribution in [3.05, 3.63) is 16.1 Å². The van der Waals surface area contributed by atoms with E-state index < -0.39 is 11.9 Å². The lowest BCUT2D eigenvalue weighted by Crippen LogP contribution is -2.43. The minimum absolute atomic E-state index is 0.211. The molecule has 0 amide bonds. The molecule has 0 saturated heterocycles. The SMILES string of the molecule is CN=C(NCc1nc(C(F)(F)F)cs1)NC(C)C(C)C. The number of aromatic nitrogens is 1. The van der Waals surface area contributed by atoms with Crippen molar-refractivity contribution in [1.29, 1.82) is 0 Å². The van der Waals surface area contributed by atoms with Crippen LogP contribution in [0.25, 0.3) is 0 Å². The lowest BCUT2D eigenvalue weighted by Gasteiger charge is -2.20. The van der Waals surface area contributed by atoms with Gasteiger partial charge in [-0.1, -0.05) is 13.8 Å². The van der Waals surface area contributed by atoms with Crippen LogP contribution in [0.5, 0.6) is 0 Å². The van der Waals surface area contributed by atoms with Crippen molar-refractivity contribution in [1.82, 2.24) is 15.6 Å². The topological polar surface area (TPSA) is 49.3 Å². The highest BCUT2D eigenvalue weighted by Gasteiger charge is 2.33. The van der Waals surface area contributed by atoms with Crippen LogP contribution in [0, 0.1) is 5.92 Å². The van der Waals surface area contributed by atoms with Gasteiger partial charge in [0.15, 0.2) is 11.7 Å². The fraction of sp³-hybridized carbons (Fsp3) is 0.667. The molecule has 1 aromatic rings. The zero-order valence-corrected chi connectivity index (χ0v) is 12.7. The molecule has 0 saturated carbocycles. The molecule has 4 nitrogen and oxygen atoms in total. The Balaban J connectivity index is 2.55. The Morgan fingerprint density at radius 2 is 2.05 bits per heavy atom. The number of nitrogens with zero attached hydrogens (tertiary/aromatic N) is 2. The third-order valence-electron chi connectivity index (χ3n) is 2.84. The largest absolute Gasteiger partial charge is 0.434 e. The summed E-state index contributed by atoms with van der Waals surface area (Å²) in [6, 6.07) is 0.211. The first-order valence-electron chi connectivity index (χ1n) is 6.22. The number of hydrogen-bond donors (Lipinski definition) is 2. The van der Waals surface area contributed by atoms with Gasteiger partial charge in [-0.2, -0.15) is 13.2 Å². The van der Waals surface area contributed by atoms with Crippen LogP contribution in [-0.2, 0) is 12.7 Å². The van der Waals surface area contributed by atoms with Crippen molar-refractivity contribution in [2.24, 2.45) is 10.9 Å². The molecule has 20 heavy (non-hydrogen) atoms. The third-order valence-corrected chi connectivity index (χ3v) is 3.69. The number of rotatable bonds is 4. The van der Waals surface area contributed by atoms with Gasteiger partial charge in [0, 0.05) is 18.5 Å². The molecular formula is C12H19F3N4S. The summed E-state index contributed by atoms with van der Waals surface area (Å²) in [6.45, 7) is 6.37. The molecule has 0 aromatic carbocycles. The van der Waals surface area contributed by atoms with Crippen molar-refractivity contribution in [3.8, 4) is 0 Å².